The van der Waals surface area contributed by atoms with Crippen LogP contribution in [0.25, 0.3) is 6.08 Å². The van der Waals surface area contributed by atoms with E-state index in [1.54, 1.807) is 0 Å². The van der Waals surface area contributed by atoms with Crippen molar-refractivity contribution in [2.75, 3.05) is 19.8 Å². The normalized spacial score (nSPS) is 37.0. The highest BCUT2D eigenvalue weighted by Gasteiger charge is 2.53. The van der Waals surface area contributed by atoms with Crippen molar-refractivity contribution >= 4 is 12.0 Å². The van der Waals surface area contributed by atoms with Crippen LogP contribution in [0.4, 0.5) is 0 Å². The summed E-state index contributed by atoms with van der Waals surface area (Å²) in [5.74, 6) is -3.06. The predicted molar refractivity (Wildman–Crippen MR) is 181 cm³/mol. The molecule has 16 atom stereocenters. The van der Waals surface area contributed by atoms with Gasteiger partial charge in [0.05, 0.1) is 25.9 Å². The first-order valence-corrected chi connectivity index (χ1v) is 17.3. The molecule has 0 unspecified atom stereocenters. The van der Waals surface area contributed by atoms with Crippen LogP contribution in [0.5, 0.6) is 23.0 Å². The quantitative estimate of drug-likeness (QED) is 0.0526. The summed E-state index contributed by atoms with van der Waals surface area (Å²) >= 11 is 0. The molecule has 0 amide bonds. The molecule has 0 bridgehead atoms. The number of hydrogen-bond donors (Lipinski definition) is 13. The van der Waals surface area contributed by atoms with E-state index < -0.39 is 147 Å². The number of carbonyl (C=O) groups excluding carboxylic acids is 1. The molecule has 2 aromatic carbocycles. The van der Waals surface area contributed by atoms with Gasteiger partial charge in [-0.1, -0.05) is 12.1 Å². The molecule has 0 radical (unpaired) electrons. The molecule has 13 N–H and O–H groups in total. The lowest BCUT2D eigenvalue weighted by molar-refractivity contribution is -0.365. The molecule has 0 saturated carbocycles. The highest BCUT2D eigenvalue weighted by atomic mass is 16.8. The van der Waals surface area contributed by atoms with E-state index in [1.165, 1.54) is 25.1 Å². The maximum Gasteiger partial charge on any atom is 0.331 e. The number of phenolic OH excluding ortho intramolecular Hbond substituents is 4. The van der Waals surface area contributed by atoms with E-state index in [4.69, 9.17) is 33.2 Å². The summed E-state index contributed by atoms with van der Waals surface area (Å²) < 4.78 is 39.9. The predicted octanol–water partition coefficient (Wildman–Crippen LogP) is -3.70. The topological polar surface area (TPSA) is 345 Å². The zero-order valence-corrected chi connectivity index (χ0v) is 29.6. The van der Waals surface area contributed by atoms with Crippen molar-refractivity contribution in [1.29, 1.82) is 0 Å². The molecule has 21 nitrogen and oxygen atoms in total. The van der Waals surface area contributed by atoms with Crippen molar-refractivity contribution in [3.05, 3.63) is 53.6 Å². The number of esters is 1. The maximum atomic E-state index is 13.3. The molecule has 3 fully saturated rings. The van der Waals surface area contributed by atoms with Gasteiger partial charge in [0.15, 0.2) is 48.0 Å². The summed E-state index contributed by atoms with van der Waals surface area (Å²) in [7, 11) is 0. The second-order valence-corrected chi connectivity index (χ2v) is 13.4. The van der Waals surface area contributed by atoms with Gasteiger partial charge in [-0.05, 0) is 48.4 Å². The third-order valence-electron chi connectivity index (χ3n) is 9.45. The summed E-state index contributed by atoms with van der Waals surface area (Å²) in [5.41, 5.74) is 0.309. The molecule has 3 aliphatic heterocycles. The van der Waals surface area contributed by atoms with E-state index in [9.17, 15) is 71.2 Å². The molecule has 3 heterocycles. The van der Waals surface area contributed by atoms with E-state index in [0.717, 1.165) is 30.3 Å². The minimum atomic E-state index is -1.98. The van der Waals surface area contributed by atoms with Crippen molar-refractivity contribution in [3.63, 3.8) is 0 Å². The van der Waals surface area contributed by atoms with Crippen LogP contribution in [0.2, 0.25) is 0 Å². The van der Waals surface area contributed by atoms with E-state index in [2.05, 4.69) is 0 Å². The molecular formula is C35H46O21. The Kier molecular flexibility index (Phi) is 14.5. The average Bonchev–Trinajstić information content (AvgIpc) is 3.17. The number of benzene rings is 2. The first-order valence-electron chi connectivity index (χ1n) is 17.3. The number of phenols is 4. The van der Waals surface area contributed by atoms with Gasteiger partial charge in [-0.2, -0.15) is 0 Å². The highest BCUT2D eigenvalue weighted by molar-refractivity contribution is 5.87. The number of hydrogen-bond acceptors (Lipinski definition) is 21. The second kappa shape index (κ2) is 18.7. The maximum absolute atomic E-state index is 13.3. The van der Waals surface area contributed by atoms with Crippen molar-refractivity contribution in [3.8, 4) is 23.0 Å². The van der Waals surface area contributed by atoms with Crippen LogP contribution in [0.15, 0.2) is 42.5 Å². The van der Waals surface area contributed by atoms with E-state index in [-0.39, 0.29) is 11.1 Å². The molecule has 3 aliphatic rings. The lowest BCUT2D eigenvalue weighted by Gasteiger charge is -2.47. The van der Waals surface area contributed by atoms with Crippen LogP contribution in [-0.4, -0.2) is 184 Å². The Morgan fingerprint density at radius 3 is 1.96 bits per heavy atom. The Labute approximate surface area is 317 Å². The van der Waals surface area contributed by atoms with Crippen molar-refractivity contribution < 1.29 is 104 Å². The molecular weight excluding hydrogens is 756 g/mol. The molecule has 2 aromatic rings. The lowest BCUT2D eigenvalue weighted by Crippen LogP contribution is -2.65. The molecule has 21 heteroatoms. The van der Waals surface area contributed by atoms with Gasteiger partial charge < -0.3 is 99.5 Å². The Hall–Kier alpha value is -3.75. The lowest BCUT2D eigenvalue weighted by atomic mass is 9.96. The summed E-state index contributed by atoms with van der Waals surface area (Å²) in [6.45, 7) is -0.831. The highest BCUT2D eigenvalue weighted by Crippen LogP contribution is 2.34. The van der Waals surface area contributed by atoms with Gasteiger partial charge in [0.1, 0.15) is 67.1 Å². The van der Waals surface area contributed by atoms with E-state index in [0.29, 0.717) is 0 Å². The van der Waals surface area contributed by atoms with Crippen molar-refractivity contribution in [2.24, 2.45) is 0 Å². The van der Waals surface area contributed by atoms with Gasteiger partial charge in [-0.15, -0.1) is 0 Å². The summed E-state index contributed by atoms with van der Waals surface area (Å²) in [6.07, 6.45) is -25.2. The Bertz CT molecular complexity index is 1640. The molecule has 56 heavy (non-hydrogen) atoms. The van der Waals surface area contributed by atoms with Crippen LogP contribution >= 0.6 is 0 Å². The van der Waals surface area contributed by atoms with Gasteiger partial charge in [0, 0.05) is 6.08 Å². The largest absolute Gasteiger partial charge is 0.504 e. The molecule has 0 spiro atoms. The van der Waals surface area contributed by atoms with Crippen LogP contribution in [-0.2, 0) is 38.0 Å². The molecule has 3 saturated heterocycles. The fourth-order valence-electron chi connectivity index (χ4n) is 6.15. The van der Waals surface area contributed by atoms with Crippen molar-refractivity contribution in [1.82, 2.24) is 0 Å². The number of aliphatic hydroxyl groups excluding tert-OH is 9. The van der Waals surface area contributed by atoms with Gasteiger partial charge in [-0.3, -0.25) is 0 Å². The first-order chi connectivity index (χ1) is 26.5. The fraction of sp³-hybridized carbons (Fsp3) is 0.571. The van der Waals surface area contributed by atoms with Crippen molar-refractivity contribution in [2.45, 2.75) is 105 Å². The summed E-state index contributed by atoms with van der Waals surface area (Å²) in [5, 5.41) is 134. The summed E-state index contributed by atoms with van der Waals surface area (Å²) in [6, 6.07) is 7.08. The molecule has 5 rings (SSSR count). The zero-order valence-electron chi connectivity index (χ0n) is 29.6. The number of carbonyl (C=O) groups is 1. The van der Waals surface area contributed by atoms with Gasteiger partial charge in [0.2, 0.25) is 0 Å². The standard InChI is InChI=1S/C35H46O21/c1-13-24(43)26(45)29(48)35(52-13)56-32-30(49)34(50-11-20(41)15-4-6-17(38)19(40)9-15)54-22(12-51-33-28(47)27(46)25(44)21(10-36)53-33)31(32)55-23(42)7-3-14-2-5-16(37)18(39)8-14/h2-9,13,20-22,24-41,43-49H,10-12H2,1H3/t13-,20-,21+,22+,24-,25+,26+,27-,28+,29+,30+,31+,32+,33+,34+,35-/m0/s1. The average molecular weight is 803 g/mol. The van der Waals surface area contributed by atoms with Crippen LogP contribution < -0.4 is 0 Å². The fourth-order valence-corrected chi connectivity index (χ4v) is 6.15. The first kappa shape index (κ1) is 43.4. The number of ether oxygens (including phenoxy) is 7. The zero-order chi connectivity index (χ0) is 41.0. The van der Waals surface area contributed by atoms with Crippen LogP contribution in [0.1, 0.15) is 24.2 Å². The minimum absolute atomic E-state index is 0.0710. The van der Waals surface area contributed by atoms with Gasteiger partial charge in [0.25, 0.3) is 0 Å². The second-order valence-electron chi connectivity index (χ2n) is 13.4. The monoisotopic (exact) mass is 802 g/mol. The van der Waals surface area contributed by atoms with Gasteiger partial charge in [-0.25, -0.2) is 4.79 Å². The van der Waals surface area contributed by atoms with E-state index in [1.807, 2.05) is 0 Å². The molecule has 312 valence electrons. The minimum Gasteiger partial charge on any atom is -0.504 e. The Morgan fingerprint density at radius 1 is 0.696 bits per heavy atom. The third kappa shape index (κ3) is 9.85. The number of aliphatic hydroxyl groups is 9. The van der Waals surface area contributed by atoms with Gasteiger partial charge >= 0.3 is 5.97 Å². The SMILES string of the molecule is C[C@@H]1O[C@@H](O[C@@H]2[C@@H](O)[C@H](OC[C@H](O)c3ccc(O)c(O)c3)O[C@H](CO[C@@H]3O[C@H](CO)[C@@H](O)[C@H](O)[C@H]3O)[C@H]2OC(=O)C=Cc2ccc(O)c(O)c2)[C@H](O)[C@H](O)[C@H]1O. The third-order valence-corrected chi connectivity index (χ3v) is 9.45. The van der Waals surface area contributed by atoms with E-state index >= 15 is 0 Å². The summed E-state index contributed by atoms with van der Waals surface area (Å²) in [4.78, 5) is 13.3. The Balaban J connectivity index is 1.45. The smallest absolute Gasteiger partial charge is 0.331 e. The number of aromatic hydroxyl groups is 4. The number of rotatable bonds is 13. The van der Waals surface area contributed by atoms with Crippen LogP contribution in [0.3, 0.4) is 0 Å². The Morgan fingerprint density at radius 2 is 1.30 bits per heavy atom. The van der Waals surface area contributed by atoms with Crippen LogP contribution in [0, 0.1) is 0 Å². The molecule has 0 aliphatic carbocycles. The molecule has 0 aromatic heterocycles.